The van der Waals surface area contributed by atoms with Crippen molar-refractivity contribution in [1.29, 1.82) is 0 Å². The Bertz CT molecular complexity index is 313. The van der Waals surface area contributed by atoms with Gasteiger partial charge in [-0.25, -0.2) is 0 Å². The Morgan fingerprint density at radius 3 is 2.50 bits per heavy atom. The zero-order chi connectivity index (χ0) is 15.2. The van der Waals surface area contributed by atoms with E-state index in [-0.39, 0.29) is 12.5 Å². The summed E-state index contributed by atoms with van der Waals surface area (Å²) >= 11 is 0. The molecule has 1 fully saturated rings. The normalized spacial score (nSPS) is 20.4. The van der Waals surface area contributed by atoms with Crippen molar-refractivity contribution in [2.24, 2.45) is 0 Å². The van der Waals surface area contributed by atoms with Crippen LogP contribution in [0.5, 0.6) is 0 Å². The van der Waals surface area contributed by atoms with Crippen molar-refractivity contribution in [2.75, 3.05) is 46.4 Å². The first kappa shape index (κ1) is 17.4. The molecule has 0 bridgehead atoms. The summed E-state index contributed by atoms with van der Waals surface area (Å²) in [5.74, 6) is -0.0444. The zero-order valence-electron chi connectivity index (χ0n) is 13.2. The van der Waals surface area contributed by atoms with Crippen molar-refractivity contribution in [3.8, 4) is 0 Å². The van der Waals surface area contributed by atoms with Crippen molar-refractivity contribution in [3.63, 3.8) is 0 Å². The lowest BCUT2D eigenvalue weighted by atomic mass is 9.98. The standard InChI is InChI=1S/C14H29N3O3/c1-13(2,17-8-6-15-7-9-17)12(18)16-11-14(3,19)5-10-20-4/h15,19H,5-11H2,1-4H3,(H,16,18). The van der Waals surface area contributed by atoms with Gasteiger partial charge in [-0.05, 0) is 20.8 Å². The zero-order valence-corrected chi connectivity index (χ0v) is 13.2. The predicted molar refractivity (Wildman–Crippen MR) is 78.6 cm³/mol. The summed E-state index contributed by atoms with van der Waals surface area (Å²) in [5.41, 5.74) is -1.50. The maximum Gasteiger partial charge on any atom is 0.240 e. The predicted octanol–water partition coefficient (Wildman–Crippen LogP) is -0.426. The monoisotopic (exact) mass is 287 g/mol. The minimum absolute atomic E-state index is 0.0444. The summed E-state index contributed by atoms with van der Waals surface area (Å²) in [7, 11) is 1.60. The number of piperazine rings is 1. The smallest absolute Gasteiger partial charge is 0.240 e. The van der Waals surface area contributed by atoms with Crippen LogP contribution in [0.15, 0.2) is 0 Å². The second kappa shape index (κ2) is 7.36. The van der Waals surface area contributed by atoms with Gasteiger partial charge in [-0.15, -0.1) is 0 Å². The maximum atomic E-state index is 12.4. The summed E-state index contributed by atoms with van der Waals surface area (Å²) in [6.45, 7) is 9.82. The van der Waals surface area contributed by atoms with E-state index < -0.39 is 11.1 Å². The second-order valence-corrected chi connectivity index (χ2v) is 6.22. The molecule has 6 heteroatoms. The highest BCUT2D eigenvalue weighted by molar-refractivity contribution is 5.85. The van der Waals surface area contributed by atoms with Crippen LogP contribution in [0, 0.1) is 0 Å². The van der Waals surface area contributed by atoms with E-state index in [2.05, 4.69) is 15.5 Å². The van der Waals surface area contributed by atoms with Crippen molar-refractivity contribution < 1.29 is 14.6 Å². The molecule has 1 unspecified atom stereocenters. The molecule has 3 N–H and O–H groups in total. The molecule has 1 atom stereocenters. The first-order chi connectivity index (χ1) is 9.29. The molecule has 118 valence electrons. The van der Waals surface area contributed by atoms with Gasteiger partial charge in [0.1, 0.15) is 0 Å². The molecule has 6 nitrogen and oxygen atoms in total. The van der Waals surface area contributed by atoms with Gasteiger partial charge >= 0.3 is 0 Å². The number of hydrogen-bond donors (Lipinski definition) is 3. The fourth-order valence-corrected chi connectivity index (χ4v) is 2.26. The van der Waals surface area contributed by atoms with E-state index in [0.717, 1.165) is 26.2 Å². The van der Waals surface area contributed by atoms with Gasteiger partial charge in [-0.3, -0.25) is 9.69 Å². The van der Waals surface area contributed by atoms with Crippen LogP contribution >= 0.6 is 0 Å². The van der Waals surface area contributed by atoms with Crippen molar-refractivity contribution in [1.82, 2.24) is 15.5 Å². The highest BCUT2D eigenvalue weighted by Gasteiger charge is 2.35. The quantitative estimate of drug-likeness (QED) is 0.593. The number of hydrogen-bond acceptors (Lipinski definition) is 5. The van der Waals surface area contributed by atoms with Crippen LogP contribution in [-0.4, -0.2) is 73.5 Å². The van der Waals surface area contributed by atoms with Crippen LogP contribution in [-0.2, 0) is 9.53 Å². The summed E-state index contributed by atoms with van der Waals surface area (Å²) < 4.78 is 4.96. The molecule has 1 aliphatic rings. The third-order valence-electron chi connectivity index (χ3n) is 3.94. The van der Waals surface area contributed by atoms with Crippen LogP contribution in [0.3, 0.4) is 0 Å². The Hall–Kier alpha value is -0.690. The van der Waals surface area contributed by atoms with Gasteiger partial charge in [0.25, 0.3) is 0 Å². The van der Waals surface area contributed by atoms with E-state index in [1.165, 1.54) is 0 Å². The lowest BCUT2D eigenvalue weighted by Gasteiger charge is -2.40. The van der Waals surface area contributed by atoms with E-state index in [9.17, 15) is 9.90 Å². The topological polar surface area (TPSA) is 73.8 Å². The van der Waals surface area contributed by atoms with Crippen LogP contribution in [0.2, 0.25) is 0 Å². The number of amides is 1. The molecule has 0 aromatic rings. The molecule has 1 heterocycles. The molecule has 1 aliphatic heterocycles. The number of carbonyl (C=O) groups is 1. The Morgan fingerprint density at radius 2 is 1.95 bits per heavy atom. The number of nitrogens with zero attached hydrogens (tertiary/aromatic N) is 1. The highest BCUT2D eigenvalue weighted by Crippen LogP contribution is 2.16. The number of rotatable bonds is 7. The molecule has 1 saturated heterocycles. The van der Waals surface area contributed by atoms with Gasteiger partial charge in [-0.1, -0.05) is 0 Å². The van der Waals surface area contributed by atoms with Gasteiger partial charge < -0.3 is 20.5 Å². The SMILES string of the molecule is COCCC(C)(O)CNC(=O)C(C)(C)N1CCNCC1. The molecule has 0 aliphatic carbocycles. The van der Waals surface area contributed by atoms with Crippen molar-refractivity contribution in [2.45, 2.75) is 38.3 Å². The third-order valence-corrected chi connectivity index (χ3v) is 3.94. The van der Waals surface area contributed by atoms with Crippen LogP contribution in [0.4, 0.5) is 0 Å². The average Bonchev–Trinajstić information content (AvgIpc) is 2.43. The molecule has 20 heavy (non-hydrogen) atoms. The molecule has 0 spiro atoms. The minimum Gasteiger partial charge on any atom is -0.388 e. The van der Waals surface area contributed by atoms with E-state index in [1.54, 1.807) is 14.0 Å². The Balaban J connectivity index is 2.47. The molecule has 0 radical (unpaired) electrons. The maximum absolute atomic E-state index is 12.4. The van der Waals surface area contributed by atoms with E-state index >= 15 is 0 Å². The number of methoxy groups -OCH3 is 1. The van der Waals surface area contributed by atoms with E-state index in [0.29, 0.717) is 13.0 Å². The summed E-state index contributed by atoms with van der Waals surface area (Å²) in [6.07, 6.45) is 0.498. The average molecular weight is 287 g/mol. The van der Waals surface area contributed by atoms with E-state index in [1.807, 2.05) is 13.8 Å². The molecule has 1 amide bonds. The molecular formula is C14H29N3O3. The Labute approximate surface area is 121 Å². The minimum atomic E-state index is -0.939. The fraction of sp³-hybridized carbons (Fsp3) is 0.929. The molecular weight excluding hydrogens is 258 g/mol. The van der Waals surface area contributed by atoms with Crippen molar-refractivity contribution >= 4 is 5.91 Å². The lowest BCUT2D eigenvalue weighted by Crippen LogP contribution is -2.61. The van der Waals surface area contributed by atoms with Gasteiger partial charge in [0.05, 0.1) is 11.1 Å². The third kappa shape index (κ3) is 5.01. The van der Waals surface area contributed by atoms with Gasteiger partial charge in [0.15, 0.2) is 0 Å². The first-order valence-electron chi connectivity index (χ1n) is 7.25. The second-order valence-electron chi connectivity index (χ2n) is 6.22. The largest absolute Gasteiger partial charge is 0.388 e. The molecule has 1 rings (SSSR count). The number of aliphatic hydroxyl groups is 1. The summed E-state index contributed by atoms with van der Waals surface area (Å²) in [6, 6.07) is 0. The van der Waals surface area contributed by atoms with Gasteiger partial charge in [0, 0.05) is 52.9 Å². The van der Waals surface area contributed by atoms with Gasteiger partial charge in [0.2, 0.25) is 5.91 Å². The fourth-order valence-electron chi connectivity index (χ4n) is 2.26. The number of nitrogens with one attached hydrogen (secondary N) is 2. The summed E-state index contributed by atoms with van der Waals surface area (Å²) in [4.78, 5) is 14.5. The van der Waals surface area contributed by atoms with Crippen LogP contribution in [0.1, 0.15) is 27.2 Å². The van der Waals surface area contributed by atoms with Gasteiger partial charge in [-0.2, -0.15) is 0 Å². The first-order valence-corrected chi connectivity index (χ1v) is 7.25. The Morgan fingerprint density at radius 1 is 1.35 bits per heavy atom. The number of ether oxygens (including phenoxy) is 1. The lowest BCUT2D eigenvalue weighted by molar-refractivity contribution is -0.133. The van der Waals surface area contributed by atoms with Crippen molar-refractivity contribution in [3.05, 3.63) is 0 Å². The number of carbonyl (C=O) groups excluding carboxylic acids is 1. The molecule has 0 saturated carbocycles. The molecule has 0 aromatic carbocycles. The highest BCUT2D eigenvalue weighted by atomic mass is 16.5. The van der Waals surface area contributed by atoms with Crippen LogP contribution < -0.4 is 10.6 Å². The summed E-state index contributed by atoms with van der Waals surface area (Å²) in [5, 5.41) is 16.3. The molecule has 0 aromatic heterocycles. The Kier molecular flexibility index (Phi) is 6.39. The van der Waals surface area contributed by atoms with Crippen LogP contribution in [0.25, 0.3) is 0 Å². The van der Waals surface area contributed by atoms with E-state index in [4.69, 9.17) is 4.74 Å².